The largest absolute Gasteiger partial charge is 0.457 e. The lowest BCUT2D eigenvalue weighted by atomic mass is 10.2. The number of nitrogens with zero attached hydrogens (tertiary/aromatic N) is 1. The Kier molecular flexibility index (Phi) is 3.99. The van der Waals surface area contributed by atoms with Crippen LogP contribution in [0.2, 0.25) is 5.02 Å². The molecule has 98 valence electrons. The zero-order valence-electron chi connectivity index (χ0n) is 9.88. The summed E-state index contributed by atoms with van der Waals surface area (Å²) in [5, 5.41) is 11.2. The van der Waals surface area contributed by atoms with Crippen LogP contribution >= 0.6 is 11.6 Å². The normalized spacial score (nSPS) is 10.2. The second kappa shape index (κ2) is 5.69. The maximum absolute atomic E-state index is 10.7. The van der Waals surface area contributed by atoms with Crippen LogP contribution in [-0.4, -0.2) is 4.92 Å². The predicted molar refractivity (Wildman–Crippen MR) is 72.5 cm³/mol. The molecule has 2 aromatic carbocycles. The molecule has 5 nitrogen and oxygen atoms in total. The van der Waals surface area contributed by atoms with Crippen LogP contribution in [0.1, 0.15) is 5.56 Å². The van der Waals surface area contributed by atoms with Crippen LogP contribution in [0.15, 0.2) is 42.5 Å². The molecule has 0 amide bonds. The smallest absolute Gasteiger partial charge is 0.273 e. The van der Waals surface area contributed by atoms with Crippen molar-refractivity contribution in [3.63, 3.8) is 0 Å². The number of hydrogen-bond acceptors (Lipinski definition) is 4. The highest BCUT2D eigenvalue weighted by atomic mass is 35.5. The summed E-state index contributed by atoms with van der Waals surface area (Å²) >= 11 is 6.01. The average molecular weight is 279 g/mol. The fourth-order valence-corrected chi connectivity index (χ4v) is 1.86. The summed E-state index contributed by atoms with van der Waals surface area (Å²) in [4.78, 5) is 10.2. The first-order chi connectivity index (χ1) is 9.11. The lowest BCUT2D eigenvalue weighted by Crippen LogP contribution is -2.00. The molecule has 2 N–H and O–H groups in total. The standard InChI is InChI=1S/C13H11ClN2O3/c14-12-5-2-6-13(11(12)8-15)19-10-4-1-3-9(7-10)16(17)18/h1-7H,8,15H2. The third kappa shape index (κ3) is 3.01. The first-order valence-electron chi connectivity index (χ1n) is 5.51. The number of rotatable bonds is 4. The second-order valence-electron chi connectivity index (χ2n) is 3.78. The summed E-state index contributed by atoms with van der Waals surface area (Å²) in [5.41, 5.74) is 6.24. The summed E-state index contributed by atoms with van der Waals surface area (Å²) in [6, 6.07) is 11.1. The minimum Gasteiger partial charge on any atom is -0.457 e. The van der Waals surface area contributed by atoms with Gasteiger partial charge in [-0.2, -0.15) is 0 Å². The van der Waals surface area contributed by atoms with E-state index >= 15 is 0 Å². The molecule has 19 heavy (non-hydrogen) atoms. The number of nitro groups is 1. The highest BCUT2D eigenvalue weighted by Gasteiger charge is 2.10. The van der Waals surface area contributed by atoms with Crippen molar-refractivity contribution in [2.45, 2.75) is 6.54 Å². The molecule has 0 saturated heterocycles. The summed E-state index contributed by atoms with van der Waals surface area (Å²) in [7, 11) is 0. The van der Waals surface area contributed by atoms with Gasteiger partial charge in [-0.15, -0.1) is 0 Å². The van der Waals surface area contributed by atoms with E-state index in [9.17, 15) is 10.1 Å². The molecule has 0 spiro atoms. The zero-order valence-corrected chi connectivity index (χ0v) is 10.6. The molecule has 2 rings (SSSR count). The molecule has 0 aliphatic rings. The average Bonchev–Trinajstić information content (AvgIpc) is 2.39. The Morgan fingerprint density at radius 2 is 2.00 bits per heavy atom. The van der Waals surface area contributed by atoms with Gasteiger partial charge in [-0.1, -0.05) is 23.7 Å². The van der Waals surface area contributed by atoms with Crippen molar-refractivity contribution in [3.05, 3.63) is 63.2 Å². The number of non-ortho nitro benzene ring substituents is 1. The number of ether oxygens (including phenoxy) is 1. The Labute approximate surface area is 114 Å². The van der Waals surface area contributed by atoms with Crippen LogP contribution in [0.4, 0.5) is 5.69 Å². The number of hydrogen-bond donors (Lipinski definition) is 1. The van der Waals surface area contributed by atoms with E-state index in [1.165, 1.54) is 12.1 Å². The molecule has 0 aliphatic carbocycles. The van der Waals surface area contributed by atoms with Gasteiger partial charge >= 0.3 is 0 Å². The van der Waals surface area contributed by atoms with Crippen molar-refractivity contribution >= 4 is 17.3 Å². The van der Waals surface area contributed by atoms with E-state index in [-0.39, 0.29) is 12.2 Å². The van der Waals surface area contributed by atoms with Gasteiger partial charge in [0, 0.05) is 23.2 Å². The van der Waals surface area contributed by atoms with Crippen molar-refractivity contribution in [1.29, 1.82) is 0 Å². The van der Waals surface area contributed by atoms with Crippen LogP contribution in [0, 0.1) is 10.1 Å². The summed E-state index contributed by atoms with van der Waals surface area (Å²) in [5.74, 6) is 0.863. The molecular weight excluding hydrogens is 268 g/mol. The van der Waals surface area contributed by atoms with E-state index in [0.717, 1.165) is 0 Å². The fraction of sp³-hybridized carbons (Fsp3) is 0.0769. The highest BCUT2D eigenvalue weighted by Crippen LogP contribution is 2.31. The Balaban J connectivity index is 2.33. The lowest BCUT2D eigenvalue weighted by Gasteiger charge is -2.11. The molecule has 0 aliphatic heterocycles. The highest BCUT2D eigenvalue weighted by molar-refractivity contribution is 6.31. The molecule has 0 atom stereocenters. The van der Waals surface area contributed by atoms with Gasteiger partial charge in [-0.25, -0.2) is 0 Å². The van der Waals surface area contributed by atoms with Gasteiger partial charge in [0.1, 0.15) is 11.5 Å². The maximum atomic E-state index is 10.7. The zero-order chi connectivity index (χ0) is 13.8. The van der Waals surface area contributed by atoms with Gasteiger partial charge in [-0.3, -0.25) is 10.1 Å². The van der Waals surface area contributed by atoms with Crippen molar-refractivity contribution in [3.8, 4) is 11.5 Å². The molecule has 2 aromatic rings. The van der Waals surface area contributed by atoms with Gasteiger partial charge < -0.3 is 10.5 Å². The van der Waals surface area contributed by atoms with Crippen molar-refractivity contribution in [2.24, 2.45) is 5.73 Å². The molecular formula is C13H11ClN2O3. The molecule has 0 saturated carbocycles. The molecule has 0 bridgehead atoms. The first-order valence-corrected chi connectivity index (χ1v) is 5.89. The van der Waals surface area contributed by atoms with E-state index in [1.54, 1.807) is 30.3 Å². The quantitative estimate of drug-likeness (QED) is 0.686. The Hall–Kier alpha value is -2.11. The van der Waals surface area contributed by atoms with E-state index in [4.69, 9.17) is 22.1 Å². The number of benzene rings is 2. The van der Waals surface area contributed by atoms with Crippen LogP contribution in [0.5, 0.6) is 11.5 Å². The van der Waals surface area contributed by atoms with Crippen LogP contribution in [0.3, 0.4) is 0 Å². The second-order valence-corrected chi connectivity index (χ2v) is 4.18. The van der Waals surface area contributed by atoms with Crippen LogP contribution in [-0.2, 0) is 6.54 Å². The van der Waals surface area contributed by atoms with Gasteiger partial charge in [0.15, 0.2) is 0 Å². The first kappa shape index (κ1) is 13.3. The molecule has 0 radical (unpaired) electrons. The number of nitrogens with two attached hydrogens (primary N) is 1. The van der Waals surface area contributed by atoms with E-state index in [1.807, 2.05) is 0 Å². The molecule has 0 aromatic heterocycles. The fourth-order valence-electron chi connectivity index (χ4n) is 1.62. The lowest BCUT2D eigenvalue weighted by molar-refractivity contribution is -0.384. The molecule has 0 unspecified atom stereocenters. The van der Waals surface area contributed by atoms with E-state index < -0.39 is 4.92 Å². The molecule has 0 fully saturated rings. The maximum Gasteiger partial charge on any atom is 0.273 e. The molecule has 6 heteroatoms. The summed E-state index contributed by atoms with van der Waals surface area (Å²) in [6.45, 7) is 0.226. The Morgan fingerprint density at radius 1 is 1.26 bits per heavy atom. The minimum absolute atomic E-state index is 0.0335. The van der Waals surface area contributed by atoms with Crippen molar-refractivity contribution < 1.29 is 9.66 Å². The summed E-state index contributed by atoms with van der Waals surface area (Å²) in [6.07, 6.45) is 0. The SMILES string of the molecule is NCc1c(Cl)cccc1Oc1cccc([N+](=O)[O-])c1. The minimum atomic E-state index is -0.478. The van der Waals surface area contributed by atoms with Crippen molar-refractivity contribution in [1.82, 2.24) is 0 Å². The van der Waals surface area contributed by atoms with Crippen LogP contribution in [0.25, 0.3) is 0 Å². The predicted octanol–water partition coefficient (Wildman–Crippen LogP) is 3.50. The van der Waals surface area contributed by atoms with Crippen molar-refractivity contribution in [2.75, 3.05) is 0 Å². The number of nitro benzene ring substituents is 1. The van der Waals surface area contributed by atoms with Crippen LogP contribution < -0.4 is 10.5 Å². The van der Waals surface area contributed by atoms with Gasteiger partial charge in [0.25, 0.3) is 5.69 Å². The van der Waals surface area contributed by atoms with Gasteiger partial charge in [0.05, 0.1) is 11.0 Å². The third-order valence-electron chi connectivity index (χ3n) is 2.54. The topological polar surface area (TPSA) is 78.4 Å². The van der Waals surface area contributed by atoms with E-state index in [2.05, 4.69) is 0 Å². The van der Waals surface area contributed by atoms with Gasteiger partial charge in [-0.05, 0) is 18.2 Å². The van der Waals surface area contributed by atoms with Gasteiger partial charge in [0.2, 0.25) is 0 Å². The third-order valence-corrected chi connectivity index (χ3v) is 2.89. The summed E-state index contributed by atoms with van der Waals surface area (Å²) < 4.78 is 5.60. The Morgan fingerprint density at radius 3 is 2.68 bits per heavy atom. The van der Waals surface area contributed by atoms with E-state index in [0.29, 0.717) is 22.1 Å². The molecule has 0 heterocycles. The Bertz CT molecular complexity index is 617. The monoisotopic (exact) mass is 278 g/mol. The number of halogens is 1.